The molecule has 1 saturated heterocycles. The molecule has 0 aromatic heterocycles. The Morgan fingerprint density at radius 3 is 2.61 bits per heavy atom. The molecule has 0 saturated carbocycles. The molecule has 3 aromatic carbocycles. The van der Waals surface area contributed by atoms with E-state index in [0.717, 1.165) is 10.8 Å². The van der Waals surface area contributed by atoms with Crippen LogP contribution in [0.5, 0.6) is 5.75 Å². The van der Waals surface area contributed by atoms with Gasteiger partial charge in [0.25, 0.3) is 11.8 Å². The Labute approximate surface area is 180 Å². The molecule has 1 aliphatic heterocycles. The van der Waals surface area contributed by atoms with Crippen molar-refractivity contribution in [1.29, 1.82) is 0 Å². The van der Waals surface area contributed by atoms with Crippen LogP contribution in [-0.2, 0) is 9.47 Å². The fourth-order valence-electron chi connectivity index (χ4n) is 3.60. The molecule has 1 unspecified atom stereocenters. The van der Waals surface area contributed by atoms with Crippen LogP contribution in [0.2, 0.25) is 0 Å². The maximum absolute atomic E-state index is 13.1. The first-order valence-corrected chi connectivity index (χ1v) is 10.1. The fraction of sp³-hybridized carbons (Fsp3) is 0.250. The number of benzene rings is 3. The Balaban J connectivity index is 1.58. The SMILES string of the molecule is COc1cccc(NC(=O)c2cccc3ccccc23)c1C(=O)NCC1COCCO1. The van der Waals surface area contributed by atoms with Gasteiger partial charge in [0.05, 0.1) is 38.7 Å². The number of fused-ring (bicyclic) bond motifs is 1. The second-order valence-electron chi connectivity index (χ2n) is 7.14. The topological polar surface area (TPSA) is 85.9 Å². The van der Waals surface area contributed by atoms with Gasteiger partial charge in [-0.3, -0.25) is 9.59 Å². The number of methoxy groups -OCH3 is 1. The van der Waals surface area contributed by atoms with Crippen LogP contribution in [0.25, 0.3) is 10.8 Å². The molecule has 1 fully saturated rings. The Kier molecular flexibility index (Phi) is 6.45. The van der Waals surface area contributed by atoms with E-state index in [4.69, 9.17) is 14.2 Å². The summed E-state index contributed by atoms with van der Waals surface area (Å²) in [5.41, 5.74) is 1.16. The Morgan fingerprint density at radius 2 is 1.81 bits per heavy atom. The van der Waals surface area contributed by atoms with E-state index in [1.165, 1.54) is 7.11 Å². The standard InChI is InChI=1S/C24H24N2O5/c1-29-21-11-5-10-20(22(21)24(28)25-14-17-15-30-12-13-31-17)26-23(27)19-9-4-7-16-6-2-3-8-18(16)19/h2-11,17H,12-15H2,1H3,(H,25,28)(H,26,27). The van der Waals surface area contributed by atoms with Crippen LogP contribution in [0, 0.1) is 0 Å². The highest BCUT2D eigenvalue weighted by molar-refractivity contribution is 6.15. The van der Waals surface area contributed by atoms with Gasteiger partial charge in [-0.05, 0) is 29.0 Å². The first-order valence-electron chi connectivity index (χ1n) is 10.1. The quantitative estimate of drug-likeness (QED) is 0.639. The van der Waals surface area contributed by atoms with Crippen LogP contribution in [-0.4, -0.2) is 51.4 Å². The van der Waals surface area contributed by atoms with E-state index in [2.05, 4.69) is 10.6 Å². The number of rotatable bonds is 6. The lowest BCUT2D eigenvalue weighted by Crippen LogP contribution is -2.40. The highest BCUT2D eigenvalue weighted by Gasteiger charge is 2.22. The molecular weight excluding hydrogens is 396 g/mol. The van der Waals surface area contributed by atoms with Crippen LogP contribution in [0.4, 0.5) is 5.69 Å². The summed E-state index contributed by atoms with van der Waals surface area (Å²) in [5, 5.41) is 7.53. The molecule has 1 aliphatic rings. The van der Waals surface area contributed by atoms with Gasteiger partial charge < -0.3 is 24.8 Å². The zero-order valence-electron chi connectivity index (χ0n) is 17.2. The van der Waals surface area contributed by atoms with Crippen LogP contribution in [0.3, 0.4) is 0 Å². The van der Waals surface area contributed by atoms with Crippen molar-refractivity contribution in [2.24, 2.45) is 0 Å². The van der Waals surface area contributed by atoms with Gasteiger partial charge in [0.1, 0.15) is 11.3 Å². The van der Waals surface area contributed by atoms with E-state index in [9.17, 15) is 9.59 Å². The van der Waals surface area contributed by atoms with Gasteiger partial charge in [0.15, 0.2) is 0 Å². The van der Waals surface area contributed by atoms with Gasteiger partial charge in [0, 0.05) is 12.1 Å². The Morgan fingerprint density at radius 1 is 1.00 bits per heavy atom. The predicted octanol–water partition coefficient (Wildman–Crippen LogP) is 3.25. The molecular formula is C24H24N2O5. The molecule has 0 spiro atoms. The van der Waals surface area contributed by atoms with Crippen molar-refractivity contribution < 1.29 is 23.8 Å². The first kappa shape index (κ1) is 20.8. The van der Waals surface area contributed by atoms with Crippen molar-refractivity contribution in [2.45, 2.75) is 6.10 Å². The van der Waals surface area contributed by atoms with Crippen molar-refractivity contribution in [1.82, 2.24) is 5.32 Å². The molecule has 2 N–H and O–H groups in total. The average molecular weight is 420 g/mol. The van der Waals surface area contributed by atoms with Gasteiger partial charge in [-0.15, -0.1) is 0 Å². The molecule has 0 aliphatic carbocycles. The minimum Gasteiger partial charge on any atom is -0.496 e. The summed E-state index contributed by atoms with van der Waals surface area (Å²) in [6, 6.07) is 18.3. The number of amides is 2. The third kappa shape index (κ3) is 4.68. The van der Waals surface area contributed by atoms with Crippen LogP contribution < -0.4 is 15.4 Å². The smallest absolute Gasteiger partial charge is 0.257 e. The monoisotopic (exact) mass is 420 g/mol. The van der Waals surface area contributed by atoms with Gasteiger partial charge in [-0.25, -0.2) is 0 Å². The molecule has 3 aromatic rings. The van der Waals surface area contributed by atoms with E-state index in [0.29, 0.717) is 43.4 Å². The van der Waals surface area contributed by atoms with Crippen molar-refractivity contribution in [3.8, 4) is 5.75 Å². The maximum atomic E-state index is 13.1. The number of nitrogens with one attached hydrogen (secondary N) is 2. The lowest BCUT2D eigenvalue weighted by Gasteiger charge is -2.23. The van der Waals surface area contributed by atoms with Crippen molar-refractivity contribution in [2.75, 3.05) is 38.8 Å². The zero-order valence-corrected chi connectivity index (χ0v) is 17.2. The van der Waals surface area contributed by atoms with E-state index in [1.807, 2.05) is 36.4 Å². The van der Waals surface area contributed by atoms with Crippen molar-refractivity contribution in [3.05, 3.63) is 71.8 Å². The third-order valence-corrected chi connectivity index (χ3v) is 5.13. The molecule has 7 nitrogen and oxygen atoms in total. The normalized spacial score (nSPS) is 16.0. The lowest BCUT2D eigenvalue weighted by molar-refractivity contribution is -0.0855. The molecule has 1 heterocycles. The highest BCUT2D eigenvalue weighted by atomic mass is 16.6. The average Bonchev–Trinajstić information content (AvgIpc) is 2.82. The summed E-state index contributed by atoms with van der Waals surface area (Å²) in [6.07, 6.45) is -0.207. The second kappa shape index (κ2) is 9.59. The summed E-state index contributed by atoms with van der Waals surface area (Å²) in [6.45, 7) is 1.79. The molecule has 160 valence electrons. The number of hydrogen-bond acceptors (Lipinski definition) is 5. The highest BCUT2D eigenvalue weighted by Crippen LogP contribution is 2.28. The van der Waals surface area contributed by atoms with Gasteiger partial charge in [-0.2, -0.15) is 0 Å². The van der Waals surface area contributed by atoms with Crippen molar-refractivity contribution in [3.63, 3.8) is 0 Å². The van der Waals surface area contributed by atoms with Crippen molar-refractivity contribution >= 4 is 28.3 Å². The Bertz CT molecular complexity index is 1090. The number of anilines is 1. The lowest BCUT2D eigenvalue weighted by atomic mass is 10.0. The summed E-state index contributed by atoms with van der Waals surface area (Å²) in [7, 11) is 1.49. The molecule has 0 radical (unpaired) electrons. The Hall–Kier alpha value is -3.42. The van der Waals surface area contributed by atoms with Crippen LogP contribution in [0.15, 0.2) is 60.7 Å². The predicted molar refractivity (Wildman–Crippen MR) is 118 cm³/mol. The summed E-state index contributed by atoms with van der Waals surface area (Å²) < 4.78 is 16.3. The van der Waals surface area contributed by atoms with Gasteiger partial charge >= 0.3 is 0 Å². The summed E-state index contributed by atoms with van der Waals surface area (Å²) >= 11 is 0. The fourth-order valence-corrected chi connectivity index (χ4v) is 3.60. The molecule has 31 heavy (non-hydrogen) atoms. The largest absolute Gasteiger partial charge is 0.496 e. The zero-order chi connectivity index (χ0) is 21.6. The number of ether oxygens (including phenoxy) is 3. The molecule has 4 rings (SSSR count). The maximum Gasteiger partial charge on any atom is 0.257 e. The van der Waals surface area contributed by atoms with Crippen LogP contribution >= 0.6 is 0 Å². The molecule has 7 heteroatoms. The summed E-state index contributed by atoms with van der Waals surface area (Å²) in [5.74, 6) is -0.294. The van der Waals surface area contributed by atoms with E-state index < -0.39 is 0 Å². The number of carbonyl (C=O) groups is 2. The van der Waals surface area contributed by atoms with E-state index in [-0.39, 0.29) is 23.5 Å². The minimum absolute atomic E-state index is 0.207. The second-order valence-corrected chi connectivity index (χ2v) is 7.14. The molecule has 1 atom stereocenters. The number of carbonyl (C=O) groups excluding carboxylic acids is 2. The number of hydrogen-bond donors (Lipinski definition) is 2. The first-order chi connectivity index (χ1) is 15.2. The molecule has 0 bridgehead atoms. The van der Waals surface area contributed by atoms with E-state index >= 15 is 0 Å². The third-order valence-electron chi connectivity index (χ3n) is 5.13. The van der Waals surface area contributed by atoms with E-state index in [1.54, 1.807) is 24.3 Å². The van der Waals surface area contributed by atoms with Crippen LogP contribution in [0.1, 0.15) is 20.7 Å². The summed E-state index contributed by atoms with van der Waals surface area (Å²) in [4.78, 5) is 26.1. The minimum atomic E-state index is -0.361. The molecule has 2 amide bonds. The van der Waals surface area contributed by atoms with Gasteiger partial charge in [-0.1, -0.05) is 42.5 Å². The van der Waals surface area contributed by atoms with Gasteiger partial charge in [0.2, 0.25) is 0 Å².